The van der Waals surface area contributed by atoms with Gasteiger partial charge >= 0.3 is 0 Å². The molecule has 24 heavy (non-hydrogen) atoms. The highest BCUT2D eigenvalue weighted by atomic mass is 16.5. The number of ether oxygens (including phenoxy) is 1. The molecule has 2 N–H and O–H groups in total. The van der Waals surface area contributed by atoms with Crippen molar-refractivity contribution in [2.24, 2.45) is 5.92 Å². The Morgan fingerprint density at radius 3 is 2.79 bits per heavy atom. The van der Waals surface area contributed by atoms with Gasteiger partial charge in [-0.05, 0) is 42.7 Å². The van der Waals surface area contributed by atoms with Gasteiger partial charge in [0.05, 0.1) is 13.0 Å². The molecule has 5 heteroatoms. The van der Waals surface area contributed by atoms with Crippen molar-refractivity contribution in [3.05, 3.63) is 59.2 Å². The minimum absolute atomic E-state index is 0.201. The molecule has 0 saturated carbocycles. The van der Waals surface area contributed by atoms with Crippen LogP contribution < -0.4 is 10.1 Å². The number of rotatable bonds is 2. The Labute approximate surface area is 139 Å². The van der Waals surface area contributed by atoms with Gasteiger partial charge in [0.2, 0.25) is 0 Å². The van der Waals surface area contributed by atoms with Crippen molar-refractivity contribution < 1.29 is 19.4 Å². The minimum Gasteiger partial charge on any atom is -0.497 e. The highest BCUT2D eigenvalue weighted by Crippen LogP contribution is 2.45. The molecule has 1 amide bonds. The van der Waals surface area contributed by atoms with Gasteiger partial charge < -0.3 is 15.2 Å². The average Bonchev–Trinajstić information content (AvgIpc) is 2.86. The van der Waals surface area contributed by atoms with Gasteiger partial charge in [-0.3, -0.25) is 9.59 Å². The van der Waals surface area contributed by atoms with E-state index >= 15 is 0 Å². The van der Waals surface area contributed by atoms with Crippen LogP contribution in [0.3, 0.4) is 0 Å². The number of methoxy groups -OCH3 is 1. The van der Waals surface area contributed by atoms with Crippen molar-refractivity contribution in [1.29, 1.82) is 0 Å². The SMILES string of the molecule is COc1ccc2c(c1)CC[C@H]([C@@]1(O)C(=O)Nc3ccccc31)C2=O. The number of anilines is 1. The van der Waals surface area contributed by atoms with Crippen molar-refractivity contribution in [2.75, 3.05) is 12.4 Å². The monoisotopic (exact) mass is 323 g/mol. The molecule has 0 spiro atoms. The Bertz CT molecular complexity index is 860. The lowest BCUT2D eigenvalue weighted by Gasteiger charge is -2.33. The summed E-state index contributed by atoms with van der Waals surface area (Å²) in [6.45, 7) is 0. The van der Waals surface area contributed by atoms with Crippen LogP contribution >= 0.6 is 0 Å². The Morgan fingerprint density at radius 1 is 1.21 bits per heavy atom. The van der Waals surface area contributed by atoms with Crippen LogP contribution in [0.4, 0.5) is 5.69 Å². The lowest BCUT2D eigenvalue weighted by Crippen LogP contribution is -2.47. The molecule has 0 saturated heterocycles. The van der Waals surface area contributed by atoms with Crippen LogP contribution in [0.2, 0.25) is 0 Å². The van der Waals surface area contributed by atoms with Crippen molar-refractivity contribution in [3.8, 4) is 5.75 Å². The largest absolute Gasteiger partial charge is 0.497 e. The van der Waals surface area contributed by atoms with E-state index in [0.717, 1.165) is 5.56 Å². The second-order valence-corrected chi connectivity index (χ2v) is 6.24. The second-order valence-electron chi connectivity index (χ2n) is 6.24. The quantitative estimate of drug-likeness (QED) is 0.889. The molecule has 1 aliphatic heterocycles. The number of fused-ring (bicyclic) bond motifs is 2. The van der Waals surface area contributed by atoms with Crippen molar-refractivity contribution in [3.63, 3.8) is 0 Å². The highest BCUT2D eigenvalue weighted by Gasteiger charge is 2.54. The molecule has 5 nitrogen and oxygen atoms in total. The fraction of sp³-hybridized carbons (Fsp3) is 0.263. The number of aryl methyl sites for hydroxylation is 1. The van der Waals surface area contributed by atoms with Crippen LogP contribution in [0, 0.1) is 5.92 Å². The van der Waals surface area contributed by atoms with Gasteiger partial charge in [-0.1, -0.05) is 18.2 Å². The molecule has 4 rings (SSSR count). The van der Waals surface area contributed by atoms with Crippen LogP contribution in [0.15, 0.2) is 42.5 Å². The summed E-state index contributed by atoms with van der Waals surface area (Å²) in [6.07, 6.45) is 1.03. The number of amides is 1. The summed E-state index contributed by atoms with van der Waals surface area (Å²) < 4.78 is 5.20. The molecule has 0 bridgehead atoms. The number of carbonyl (C=O) groups excluding carboxylic acids is 2. The Morgan fingerprint density at radius 2 is 2.00 bits per heavy atom. The summed E-state index contributed by atoms with van der Waals surface area (Å²) in [7, 11) is 1.58. The Balaban J connectivity index is 1.78. The van der Waals surface area contributed by atoms with Crippen molar-refractivity contribution in [2.45, 2.75) is 18.4 Å². The van der Waals surface area contributed by atoms with Crippen LogP contribution in [0.5, 0.6) is 5.75 Å². The summed E-state index contributed by atoms with van der Waals surface area (Å²) in [4.78, 5) is 25.5. The molecule has 2 aliphatic rings. The van der Waals surface area contributed by atoms with Gasteiger partial charge in [0.25, 0.3) is 5.91 Å². The van der Waals surface area contributed by atoms with Crippen LogP contribution in [0.1, 0.15) is 27.9 Å². The average molecular weight is 323 g/mol. The molecule has 0 fully saturated rings. The first-order valence-electron chi connectivity index (χ1n) is 7.90. The molecule has 0 radical (unpaired) electrons. The summed E-state index contributed by atoms with van der Waals surface area (Å²) in [6, 6.07) is 12.3. The van der Waals surface area contributed by atoms with E-state index in [2.05, 4.69) is 5.32 Å². The van der Waals surface area contributed by atoms with E-state index in [1.165, 1.54) is 0 Å². The molecule has 2 aromatic carbocycles. The van der Waals surface area contributed by atoms with E-state index in [1.54, 1.807) is 43.5 Å². The maximum Gasteiger partial charge on any atom is 0.261 e. The van der Waals surface area contributed by atoms with E-state index < -0.39 is 17.4 Å². The normalized spacial score (nSPS) is 25.0. The summed E-state index contributed by atoms with van der Waals surface area (Å²) in [5.41, 5.74) is 0.679. The molecule has 122 valence electrons. The summed E-state index contributed by atoms with van der Waals surface area (Å²) in [5.74, 6) is -0.822. The molecular formula is C19H17NO4. The van der Waals surface area contributed by atoms with Gasteiger partial charge in [-0.25, -0.2) is 0 Å². The first kappa shape index (κ1) is 14.9. The smallest absolute Gasteiger partial charge is 0.261 e. The van der Waals surface area contributed by atoms with Crippen LogP contribution in [-0.2, 0) is 16.8 Å². The molecule has 0 aromatic heterocycles. The first-order valence-corrected chi connectivity index (χ1v) is 7.90. The number of carbonyl (C=O) groups is 2. The predicted molar refractivity (Wildman–Crippen MR) is 88.1 cm³/mol. The number of hydrogen-bond donors (Lipinski definition) is 2. The molecule has 2 atom stereocenters. The molecule has 0 unspecified atom stereocenters. The zero-order valence-corrected chi connectivity index (χ0v) is 13.2. The van der Waals surface area contributed by atoms with Gasteiger partial charge in [0.15, 0.2) is 11.4 Å². The molecule has 1 heterocycles. The molecule has 2 aromatic rings. The van der Waals surface area contributed by atoms with Crippen LogP contribution in [0.25, 0.3) is 0 Å². The van der Waals surface area contributed by atoms with Gasteiger partial charge in [0.1, 0.15) is 5.75 Å². The lowest BCUT2D eigenvalue weighted by atomic mass is 9.71. The summed E-state index contributed by atoms with van der Waals surface area (Å²) in [5, 5.41) is 13.9. The Hall–Kier alpha value is -2.66. The number of benzene rings is 2. The Kier molecular flexibility index (Phi) is 3.21. The van der Waals surface area contributed by atoms with Gasteiger partial charge in [0, 0.05) is 16.8 Å². The second kappa shape index (κ2) is 5.18. The zero-order chi connectivity index (χ0) is 16.9. The van der Waals surface area contributed by atoms with Crippen molar-refractivity contribution >= 4 is 17.4 Å². The van der Waals surface area contributed by atoms with Gasteiger partial charge in [-0.2, -0.15) is 0 Å². The first-order chi connectivity index (χ1) is 11.6. The maximum absolute atomic E-state index is 13.0. The molecular weight excluding hydrogens is 306 g/mol. The fourth-order valence-corrected chi connectivity index (χ4v) is 3.77. The third kappa shape index (κ3) is 1.91. The van der Waals surface area contributed by atoms with E-state index in [9.17, 15) is 14.7 Å². The maximum atomic E-state index is 13.0. The van der Waals surface area contributed by atoms with Gasteiger partial charge in [-0.15, -0.1) is 0 Å². The number of Topliss-reactive ketones (excluding diaryl/α,β-unsaturated/α-hetero) is 1. The summed E-state index contributed by atoms with van der Waals surface area (Å²) >= 11 is 0. The van der Waals surface area contributed by atoms with E-state index in [1.807, 2.05) is 6.07 Å². The predicted octanol–water partition coefficient (Wildman–Crippen LogP) is 2.28. The zero-order valence-electron chi connectivity index (χ0n) is 13.2. The third-order valence-corrected chi connectivity index (χ3v) is 5.03. The number of ketones is 1. The lowest BCUT2D eigenvalue weighted by molar-refractivity contribution is -0.138. The third-order valence-electron chi connectivity index (χ3n) is 5.03. The van der Waals surface area contributed by atoms with Crippen molar-refractivity contribution in [1.82, 2.24) is 0 Å². The topological polar surface area (TPSA) is 75.6 Å². The standard InChI is InChI=1S/C19H17NO4/c1-24-12-7-8-13-11(10-12)6-9-15(17(13)21)19(23)14-4-2-3-5-16(14)20-18(19)22/h2-5,7-8,10,15,23H,6,9H2,1H3,(H,20,22)/t15-,19+/m0/s1. The van der Waals surface area contributed by atoms with E-state index in [-0.39, 0.29) is 5.78 Å². The highest BCUT2D eigenvalue weighted by molar-refractivity contribution is 6.11. The number of nitrogens with one attached hydrogen (secondary N) is 1. The van der Waals surface area contributed by atoms with E-state index in [4.69, 9.17) is 4.74 Å². The minimum atomic E-state index is -1.81. The number of hydrogen-bond acceptors (Lipinski definition) is 4. The van der Waals surface area contributed by atoms with Crippen LogP contribution in [-0.4, -0.2) is 23.9 Å². The number of para-hydroxylation sites is 1. The fourth-order valence-electron chi connectivity index (χ4n) is 3.77. The molecule has 1 aliphatic carbocycles. The van der Waals surface area contributed by atoms with E-state index in [0.29, 0.717) is 35.4 Å². The number of aliphatic hydroxyl groups is 1.